The molecule has 2 aliphatic heterocycles. The van der Waals surface area contributed by atoms with E-state index >= 15 is 0 Å². The monoisotopic (exact) mass is 331 g/mol. The van der Waals surface area contributed by atoms with Gasteiger partial charge in [0, 0.05) is 12.5 Å². The van der Waals surface area contributed by atoms with Gasteiger partial charge in [0.15, 0.2) is 11.5 Å². The van der Waals surface area contributed by atoms with Gasteiger partial charge >= 0.3 is 5.97 Å². The largest absolute Gasteiger partial charge is 0.486 e. The first-order valence-electron chi connectivity index (χ1n) is 8.58. The highest BCUT2D eigenvalue weighted by atomic mass is 16.6. The van der Waals surface area contributed by atoms with Crippen molar-refractivity contribution in [3.63, 3.8) is 0 Å². The molecule has 3 atom stereocenters. The number of benzene rings is 1. The highest BCUT2D eigenvalue weighted by Gasteiger charge is 2.48. The minimum absolute atomic E-state index is 0.0120. The van der Waals surface area contributed by atoms with E-state index in [1.54, 1.807) is 4.90 Å². The number of amides is 1. The maximum atomic E-state index is 12.8. The second kappa shape index (κ2) is 6.00. The van der Waals surface area contributed by atoms with Crippen LogP contribution in [0.1, 0.15) is 37.2 Å². The molecule has 2 heterocycles. The van der Waals surface area contributed by atoms with Crippen molar-refractivity contribution in [1.82, 2.24) is 4.90 Å². The van der Waals surface area contributed by atoms with E-state index in [9.17, 15) is 14.7 Å². The predicted molar refractivity (Wildman–Crippen MR) is 85.3 cm³/mol. The molecule has 1 saturated heterocycles. The highest BCUT2D eigenvalue weighted by molar-refractivity contribution is 5.88. The third kappa shape index (κ3) is 2.70. The maximum absolute atomic E-state index is 12.8. The third-order valence-electron chi connectivity index (χ3n) is 5.17. The van der Waals surface area contributed by atoms with Crippen LogP contribution >= 0.6 is 0 Å². The summed E-state index contributed by atoms with van der Waals surface area (Å²) in [5.74, 6) is 0.632. The average Bonchev–Trinajstić information content (AvgIpc) is 3.41. The zero-order chi connectivity index (χ0) is 16.7. The molecule has 0 bridgehead atoms. The van der Waals surface area contributed by atoms with E-state index in [0.717, 1.165) is 36.3 Å². The molecule has 0 spiro atoms. The Labute approximate surface area is 140 Å². The van der Waals surface area contributed by atoms with Gasteiger partial charge in [-0.3, -0.25) is 4.79 Å². The van der Waals surface area contributed by atoms with Crippen molar-refractivity contribution < 1.29 is 24.2 Å². The number of carbonyl (C=O) groups excluding carboxylic acids is 1. The molecule has 1 aliphatic carbocycles. The molecular weight excluding hydrogens is 310 g/mol. The van der Waals surface area contributed by atoms with Crippen LogP contribution in [0.3, 0.4) is 0 Å². The zero-order valence-corrected chi connectivity index (χ0v) is 13.4. The summed E-state index contributed by atoms with van der Waals surface area (Å²) in [5.41, 5.74) is 1.07. The van der Waals surface area contributed by atoms with E-state index in [1.165, 1.54) is 0 Å². The lowest BCUT2D eigenvalue weighted by Crippen LogP contribution is -2.48. The smallest absolute Gasteiger partial charge is 0.326 e. The van der Waals surface area contributed by atoms with Crippen LogP contribution in [0.2, 0.25) is 0 Å². The molecule has 6 heteroatoms. The Bertz CT molecular complexity index is 673. The molecule has 0 aromatic heterocycles. The Morgan fingerprint density at radius 2 is 1.92 bits per heavy atom. The van der Waals surface area contributed by atoms with Gasteiger partial charge in [-0.05, 0) is 49.3 Å². The topological polar surface area (TPSA) is 76.1 Å². The summed E-state index contributed by atoms with van der Waals surface area (Å²) in [7, 11) is 0. The van der Waals surface area contributed by atoms with E-state index in [1.807, 2.05) is 18.2 Å². The quantitative estimate of drug-likeness (QED) is 0.917. The normalized spacial score (nSPS) is 28.3. The van der Waals surface area contributed by atoms with E-state index < -0.39 is 12.0 Å². The number of ether oxygens (including phenoxy) is 2. The molecule has 24 heavy (non-hydrogen) atoms. The van der Waals surface area contributed by atoms with Crippen molar-refractivity contribution in [1.29, 1.82) is 0 Å². The second-order valence-corrected chi connectivity index (χ2v) is 6.73. The van der Waals surface area contributed by atoms with Crippen LogP contribution in [0.15, 0.2) is 18.2 Å². The molecule has 0 radical (unpaired) electrons. The van der Waals surface area contributed by atoms with E-state index in [4.69, 9.17) is 9.47 Å². The van der Waals surface area contributed by atoms with Crippen LogP contribution in [0, 0.1) is 5.92 Å². The van der Waals surface area contributed by atoms with Gasteiger partial charge < -0.3 is 19.5 Å². The molecule has 1 saturated carbocycles. The molecule has 2 fully saturated rings. The SMILES string of the molecule is O=C(O)[C@@H]1CCCCN1C(=O)[C@H]1C[C@@H]1c1ccc2c(c1)OCCO2. The maximum Gasteiger partial charge on any atom is 0.326 e. The van der Waals surface area contributed by atoms with Crippen LogP contribution in [-0.2, 0) is 9.59 Å². The number of aliphatic carboxylic acids is 1. The van der Waals surface area contributed by atoms with Crippen LogP contribution in [-0.4, -0.2) is 47.7 Å². The van der Waals surface area contributed by atoms with E-state index in [2.05, 4.69) is 0 Å². The summed E-state index contributed by atoms with van der Waals surface area (Å²) in [5, 5.41) is 9.35. The molecule has 1 aromatic carbocycles. The van der Waals surface area contributed by atoms with Crippen molar-refractivity contribution in [2.24, 2.45) is 5.92 Å². The zero-order valence-electron chi connectivity index (χ0n) is 13.4. The molecule has 1 aromatic rings. The summed E-state index contributed by atoms with van der Waals surface area (Å²) < 4.78 is 11.1. The van der Waals surface area contributed by atoms with Gasteiger partial charge in [0.05, 0.1) is 0 Å². The number of carboxylic acids is 1. The molecule has 3 aliphatic rings. The Hall–Kier alpha value is -2.24. The molecule has 1 amide bonds. The Balaban J connectivity index is 1.47. The summed E-state index contributed by atoms with van der Waals surface area (Å²) in [6, 6.07) is 5.17. The van der Waals surface area contributed by atoms with Gasteiger partial charge in [0.25, 0.3) is 0 Å². The van der Waals surface area contributed by atoms with Crippen LogP contribution in [0.4, 0.5) is 0 Å². The number of hydrogen-bond acceptors (Lipinski definition) is 4. The molecular formula is C18H21NO5. The van der Waals surface area contributed by atoms with Gasteiger partial charge in [-0.2, -0.15) is 0 Å². The first-order valence-corrected chi connectivity index (χ1v) is 8.58. The fraction of sp³-hybridized carbons (Fsp3) is 0.556. The number of hydrogen-bond donors (Lipinski definition) is 1. The Morgan fingerprint density at radius 1 is 1.12 bits per heavy atom. The van der Waals surface area contributed by atoms with Crippen LogP contribution < -0.4 is 9.47 Å². The van der Waals surface area contributed by atoms with Crippen molar-refractivity contribution in [2.75, 3.05) is 19.8 Å². The van der Waals surface area contributed by atoms with Crippen molar-refractivity contribution in [3.05, 3.63) is 23.8 Å². The minimum Gasteiger partial charge on any atom is -0.486 e. The van der Waals surface area contributed by atoms with Crippen molar-refractivity contribution in [3.8, 4) is 11.5 Å². The molecule has 128 valence electrons. The highest BCUT2D eigenvalue weighted by Crippen LogP contribution is 2.50. The van der Waals surface area contributed by atoms with E-state index in [-0.39, 0.29) is 17.7 Å². The summed E-state index contributed by atoms with van der Waals surface area (Å²) in [6.07, 6.45) is 3.09. The lowest BCUT2D eigenvalue weighted by atomic mass is 10.0. The number of carboxylic acid groups (broad SMARTS) is 1. The number of nitrogens with zero attached hydrogens (tertiary/aromatic N) is 1. The number of rotatable bonds is 3. The van der Waals surface area contributed by atoms with Crippen molar-refractivity contribution >= 4 is 11.9 Å². The predicted octanol–water partition coefficient (Wildman–Crippen LogP) is 2.03. The van der Waals surface area contributed by atoms with Gasteiger partial charge in [0.1, 0.15) is 19.3 Å². The average molecular weight is 331 g/mol. The number of likely N-dealkylation sites (tertiary alicyclic amines) is 1. The number of fused-ring (bicyclic) bond motifs is 1. The first-order chi connectivity index (χ1) is 11.6. The summed E-state index contributed by atoms with van der Waals surface area (Å²) in [6.45, 7) is 1.65. The summed E-state index contributed by atoms with van der Waals surface area (Å²) in [4.78, 5) is 25.7. The lowest BCUT2D eigenvalue weighted by Gasteiger charge is -2.33. The fourth-order valence-electron chi connectivity index (χ4n) is 3.79. The van der Waals surface area contributed by atoms with Crippen molar-refractivity contribution in [2.45, 2.75) is 37.6 Å². The second-order valence-electron chi connectivity index (χ2n) is 6.73. The van der Waals surface area contributed by atoms with Crippen LogP contribution in [0.25, 0.3) is 0 Å². The standard InChI is InChI=1S/C18H21NO5/c20-17(19-6-2-1-3-14(19)18(21)22)13-10-12(13)11-4-5-15-16(9-11)24-8-7-23-15/h4-5,9,12-14H,1-3,6-8,10H2,(H,21,22)/t12-,13+,14+/m1/s1. The molecule has 0 unspecified atom stereocenters. The minimum atomic E-state index is -0.889. The molecule has 6 nitrogen and oxygen atoms in total. The fourth-order valence-corrected chi connectivity index (χ4v) is 3.79. The third-order valence-corrected chi connectivity index (χ3v) is 5.17. The van der Waals surface area contributed by atoms with Gasteiger partial charge in [-0.25, -0.2) is 4.79 Å². The van der Waals surface area contributed by atoms with Gasteiger partial charge in [0.2, 0.25) is 5.91 Å². The van der Waals surface area contributed by atoms with Gasteiger partial charge in [-0.15, -0.1) is 0 Å². The lowest BCUT2D eigenvalue weighted by molar-refractivity contribution is -0.152. The molecule has 1 N–H and O–H groups in total. The van der Waals surface area contributed by atoms with E-state index in [0.29, 0.717) is 26.2 Å². The first kappa shape index (κ1) is 15.3. The Kier molecular flexibility index (Phi) is 3.82. The number of piperidine rings is 1. The summed E-state index contributed by atoms with van der Waals surface area (Å²) >= 11 is 0. The van der Waals surface area contributed by atoms with Gasteiger partial charge in [-0.1, -0.05) is 6.07 Å². The van der Waals surface area contributed by atoms with Crippen LogP contribution in [0.5, 0.6) is 11.5 Å². The number of carbonyl (C=O) groups is 2. The molecule has 4 rings (SSSR count). The Morgan fingerprint density at radius 3 is 2.71 bits per heavy atom.